The molecule has 0 fully saturated rings. The van der Waals surface area contributed by atoms with Gasteiger partial charge in [-0.2, -0.15) is 0 Å². The summed E-state index contributed by atoms with van der Waals surface area (Å²) in [4.78, 5) is 11.8. The number of nitrogens with zero attached hydrogens (tertiary/aromatic N) is 1. The lowest BCUT2D eigenvalue weighted by atomic mass is 10.1. The van der Waals surface area contributed by atoms with Crippen LogP contribution in [-0.2, 0) is 13.1 Å². The fourth-order valence-corrected chi connectivity index (χ4v) is 2.03. The van der Waals surface area contributed by atoms with Crippen molar-refractivity contribution in [1.82, 2.24) is 9.88 Å². The summed E-state index contributed by atoms with van der Waals surface area (Å²) >= 11 is 0. The van der Waals surface area contributed by atoms with E-state index in [1.54, 1.807) is 7.05 Å². The average Bonchev–Trinajstić information content (AvgIpc) is 2.75. The number of carbonyl (C=O) groups is 1. The van der Waals surface area contributed by atoms with Crippen LogP contribution in [0.1, 0.15) is 22.8 Å². The summed E-state index contributed by atoms with van der Waals surface area (Å²) in [6.07, 6.45) is 2.76. The van der Waals surface area contributed by atoms with Gasteiger partial charge in [-0.25, -0.2) is 0 Å². The smallest absolute Gasteiger partial charge is 0.253 e. The molecular formula is C13H17N3O. The molecule has 0 aliphatic carbocycles. The minimum atomic E-state index is -0.0737. The molecule has 1 aromatic carbocycles. The normalized spacial score (nSPS) is 10.8. The van der Waals surface area contributed by atoms with Gasteiger partial charge in [-0.05, 0) is 24.1 Å². The van der Waals surface area contributed by atoms with Gasteiger partial charge in [-0.15, -0.1) is 0 Å². The van der Waals surface area contributed by atoms with Crippen LogP contribution in [0, 0.1) is 0 Å². The number of fused-ring (bicyclic) bond motifs is 1. The van der Waals surface area contributed by atoms with E-state index in [1.165, 1.54) is 5.56 Å². The van der Waals surface area contributed by atoms with Crippen molar-refractivity contribution in [2.24, 2.45) is 5.73 Å². The standard InChI is InChI=1S/C13H17N3O/c1-3-9-4-5-12-10(6-9)11(13(17)15-2)7-16(12)8-14/h4-7H,3,8,14H2,1-2H3,(H,15,17). The second-order valence-electron chi connectivity index (χ2n) is 3.98. The Morgan fingerprint density at radius 2 is 2.24 bits per heavy atom. The van der Waals surface area contributed by atoms with E-state index in [9.17, 15) is 4.79 Å². The number of hydrogen-bond acceptors (Lipinski definition) is 2. The molecule has 0 atom stereocenters. The van der Waals surface area contributed by atoms with E-state index in [-0.39, 0.29) is 5.91 Å². The van der Waals surface area contributed by atoms with Crippen molar-refractivity contribution in [2.45, 2.75) is 20.0 Å². The fraction of sp³-hybridized carbons (Fsp3) is 0.308. The zero-order valence-electron chi connectivity index (χ0n) is 10.2. The Bertz CT molecular complexity index is 557. The number of benzene rings is 1. The topological polar surface area (TPSA) is 60.0 Å². The molecule has 0 unspecified atom stereocenters. The van der Waals surface area contributed by atoms with Crippen LogP contribution >= 0.6 is 0 Å². The van der Waals surface area contributed by atoms with Gasteiger partial charge in [0.25, 0.3) is 5.91 Å². The molecule has 17 heavy (non-hydrogen) atoms. The average molecular weight is 231 g/mol. The lowest BCUT2D eigenvalue weighted by molar-refractivity contribution is 0.0964. The van der Waals surface area contributed by atoms with Crippen LogP contribution < -0.4 is 11.1 Å². The molecule has 0 saturated carbocycles. The third-order valence-corrected chi connectivity index (χ3v) is 3.02. The summed E-state index contributed by atoms with van der Waals surface area (Å²) in [6.45, 7) is 2.47. The Morgan fingerprint density at radius 3 is 2.82 bits per heavy atom. The second kappa shape index (κ2) is 4.59. The number of carbonyl (C=O) groups excluding carboxylic acids is 1. The summed E-state index contributed by atoms with van der Waals surface area (Å²) in [5.74, 6) is -0.0737. The van der Waals surface area contributed by atoms with E-state index in [4.69, 9.17) is 5.73 Å². The van der Waals surface area contributed by atoms with Crippen molar-refractivity contribution >= 4 is 16.8 Å². The van der Waals surface area contributed by atoms with Crippen molar-refractivity contribution in [3.63, 3.8) is 0 Å². The zero-order chi connectivity index (χ0) is 12.4. The van der Waals surface area contributed by atoms with E-state index < -0.39 is 0 Å². The molecule has 4 nitrogen and oxygen atoms in total. The molecule has 4 heteroatoms. The maximum atomic E-state index is 11.8. The number of amides is 1. The number of aryl methyl sites for hydroxylation is 1. The van der Waals surface area contributed by atoms with Gasteiger partial charge in [0.15, 0.2) is 0 Å². The lowest BCUT2D eigenvalue weighted by Gasteiger charge is -2.01. The van der Waals surface area contributed by atoms with Gasteiger partial charge < -0.3 is 15.6 Å². The molecule has 2 aromatic rings. The Labute approximate surface area is 100 Å². The first kappa shape index (κ1) is 11.7. The molecule has 3 N–H and O–H groups in total. The van der Waals surface area contributed by atoms with Crippen molar-refractivity contribution in [3.05, 3.63) is 35.5 Å². The van der Waals surface area contributed by atoms with Crippen molar-refractivity contribution in [2.75, 3.05) is 7.05 Å². The molecule has 1 heterocycles. The SMILES string of the molecule is CCc1ccc2c(c1)c(C(=O)NC)cn2CN. The molecular weight excluding hydrogens is 214 g/mol. The highest BCUT2D eigenvalue weighted by Crippen LogP contribution is 2.22. The second-order valence-corrected chi connectivity index (χ2v) is 3.98. The van der Waals surface area contributed by atoms with Crippen molar-refractivity contribution < 1.29 is 4.79 Å². The molecule has 0 saturated heterocycles. The minimum absolute atomic E-state index is 0.0737. The Hall–Kier alpha value is -1.81. The van der Waals surface area contributed by atoms with E-state index in [2.05, 4.69) is 24.4 Å². The number of hydrogen-bond donors (Lipinski definition) is 2. The highest BCUT2D eigenvalue weighted by molar-refractivity contribution is 6.07. The van der Waals surface area contributed by atoms with E-state index in [0.717, 1.165) is 17.3 Å². The van der Waals surface area contributed by atoms with E-state index in [1.807, 2.05) is 16.8 Å². The molecule has 1 aromatic heterocycles. The van der Waals surface area contributed by atoms with Gasteiger partial charge in [-0.3, -0.25) is 4.79 Å². The number of aromatic nitrogens is 1. The number of nitrogens with two attached hydrogens (primary N) is 1. The highest BCUT2D eigenvalue weighted by Gasteiger charge is 2.13. The first-order valence-electron chi connectivity index (χ1n) is 5.75. The Morgan fingerprint density at radius 1 is 1.47 bits per heavy atom. The molecule has 1 amide bonds. The highest BCUT2D eigenvalue weighted by atomic mass is 16.1. The predicted molar refractivity (Wildman–Crippen MR) is 68.9 cm³/mol. The van der Waals surface area contributed by atoms with Gasteiger partial charge in [0.2, 0.25) is 0 Å². The van der Waals surface area contributed by atoms with Gasteiger partial charge in [0.05, 0.1) is 12.2 Å². The van der Waals surface area contributed by atoms with Crippen LogP contribution in [0.3, 0.4) is 0 Å². The summed E-state index contributed by atoms with van der Waals surface area (Å²) in [6, 6.07) is 6.15. The van der Waals surface area contributed by atoms with E-state index in [0.29, 0.717) is 12.2 Å². The van der Waals surface area contributed by atoms with Crippen LogP contribution in [0.25, 0.3) is 10.9 Å². The van der Waals surface area contributed by atoms with Crippen molar-refractivity contribution in [1.29, 1.82) is 0 Å². The quantitative estimate of drug-likeness (QED) is 0.840. The largest absolute Gasteiger partial charge is 0.355 e. The van der Waals surface area contributed by atoms with Gasteiger partial charge >= 0.3 is 0 Å². The molecule has 0 radical (unpaired) electrons. The molecule has 0 spiro atoms. The third kappa shape index (κ3) is 1.91. The molecule has 90 valence electrons. The predicted octanol–water partition coefficient (Wildman–Crippen LogP) is 1.48. The molecule has 0 bridgehead atoms. The van der Waals surface area contributed by atoms with Crippen LogP contribution in [-0.4, -0.2) is 17.5 Å². The monoisotopic (exact) mass is 231 g/mol. The molecule has 2 rings (SSSR count). The first-order chi connectivity index (χ1) is 8.21. The van der Waals surface area contributed by atoms with Crippen LogP contribution in [0.5, 0.6) is 0 Å². The van der Waals surface area contributed by atoms with Crippen LogP contribution in [0.2, 0.25) is 0 Å². The van der Waals surface area contributed by atoms with Gasteiger partial charge in [-0.1, -0.05) is 13.0 Å². The minimum Gasteiger partial charge on any atom is -0.355 e. The summed E-state index contributed by atoms with van der Waals surface area (Å²) in [7, 11) is 1.64. The maximum absolute atomic E-state index is 11.8. The summed E-state index contributed by atoms with van der Waals surface area (Å²) < 4.78 is 1.89. The molecule has 0 aliphatic rings. The number of rotatable bonds is 3. The Kier molecular flexibility index (Phi) is 3.15. The zero-order valence-corrected chi connectivity index (χ0v) is 10.2. The maximum Gasteiger partial charge on any atom is 0.253 e. The summed E-state index contributed by atoms with van der Waals surface area (Å²) in [5.41, 5.74) is 8.58. The fourth-order valence-electron chi connectivity index (χ4n) is 2.03. The lowest BCUT2D eigenvalue weighted by Crippen LogP contribution is -2.17. The van der Waals surface area contributed by atoms with Crippen molar-refractivity contribution in [3.8, 4) is 0 Å². The van der Waals surface area contributed by atoms with Gasteiger partial charge in [0, 0.05) is 24.1 Å². The third-order valence-electron chi connectivity index (χ3n) is 3.02. The van der Waals surface area contributed by atoms with Crippen LogP contribution in [0.4, 0.5) is 0 Å². The first-order valence-corrected chi connectivity index (χ1v) is 5.75. The Balaban J connectivity index is 2.70. The molecule has 0 aliphatic heterocycles. The number of nitrogens with one attached hydrogen (secondary N) is 1. The van der Waals surface area contributed by atoms with Crippen LogP contribution in [0.15, 0.2) is 24.4 Å². The van der Waals surface area contributed by atoms with E-state index >= 15 is 0 Å². The van der Waals surface area contributed by atoms with Gasteiger partial charge in [0.1, 0.15) is 0 Å². The summed E-state index contributed by atoms with van der Waals surface area (Å²) in [5, 5.41) is 3.62.